The summed E-state index contributed by atoms with van der Waals surface area (Å²) in [5.74, 6) is -0.109. The number of nitrogens with two attached hydrogens (primary N) is 1. The molecule has 0 aliphatic heterocycles. The number of anilines is 1. The van der Waals surface area contributed by atoms with Crippen LogP contribution in [0, 0.1) is 11.3 Å². The minimum absolute atomic E-state index is 0.00819. The van der Waals surface area contributed by atoms with Gasteiger partial charge in [-0.2, -0.15) is 4.98 Å². The topological polar surface area (TPSA) is 90.1 Å². The van der Waals surface area contributed by atoms with E-state index in [-0.39, 0.29) is 34.9 Å². The number of rotatable bonds is 5. The molecule has 0 aromatic carbocycles. The lowest BCUT2D eigenvalue weighted by Gasteiger charge is -2.24. The zero-order chi connectivity index (χ0) is 15.3. The van der Waals surface area contributed by atoms with Gasteiger partial charge in [-0.3, -0.25) is 10.1 Å². The molecule has 1 heterocycles. The van der Waals surface area contributed by atoms with E-state index in [0.29, 0.717) is 12.3 Å². The summed E-state index contributed by atoms with van der Waals surface area (Å²) in [5.41, 5.74) is 5.68. The zero-order valence-electron chi connectivity index (χ0n) is 12.2. The van der Waals surface area contributed by atoms with Crippen molar-refractivity contribution in [1.82, 2.24) is 9.97 Å². The summed E-state index contributed by atoms with van der Waals surface area (Å²) in [6.45, 7) is 6.44. The van der Waals surface area contributed by atoms with Gasteiger partial charge in [-0.15, -0.1) is 0 Å². The first-order chi connectivity index (χ1) is 9.25. The van der Waals surface area contributed by atoms with Gasteiger partial charge in [-0.05, 0) is 11.8 Å². The van der Waals surface area contributed by atoms with Crippen LogP contribution in [-0.2, 0) is 4.79 Å². The summed E-state index contributed by atoms with van der Waals surface area (Å²) in [6.07, 6.45) is 0.674. The number of halogens is 1. The van der Waals surface area contributed by atoms with Crippen LogP contribution in [0.3, 0.4) is 0 Å². The van der Waals surface area contributed by atoms with Crippen molar-refractivity contribution >= 4 is 23.5 Å². The molecule has 0 saturated carbocycles. The molecule has 0 fully saturated rings. The van der Waals surface area contributed by atoms with Gasteiger partial charge in [0.2, 0.25) is 17.7 Å². The molecule has 0 bridgehead atoms. The molecule has 0 aliphatic rings. The number of carbonyl (C=O) groups is 1. The van der Waals surface area contributed by atoms with Crippen molar-refractivity contribution in [3.8, 4) is 5.88 Å². The van der Waals surface area contributed by atoms with Crippen molar-refractivity contribution in [2.45, 2.75) is 27.2 Å². The van der Waals surface area contributed by atoms with E-state index >= 15 is 0 Å². The number of ether oxygens (including phenoxy) is 1. The molecule has 0 saturated heterocycles. The lowest BCUT2D eigenvalue weighted by atomic mass is 9.84. The van der Waals surface area contributed by atoms with E-state index < -0.39 is 0 Å². The first-order valence-corrected chi connectivity index (χ1v) is 6.72. The number of carbonyl (C=O) groups excluding carboxylic acids is 1. The molecule has 0 aliphatic carbocycles. The van der Waals surface area contributed by atoms with Crippen molar-refractivity contribution in [3.63, 3.8) is 0 Å². The highest BCUT2D eigenvalue weighted by atomic mass is 35.5. The molecule has 1 atom stereocenters. The van der Waals surface area contributed by atoms with Gasteiger partial charge in [0.25, 0.3) is 0 Å². The Bertz CT molecular complexity index is 474. The minimum atomic E-state index is -0.302. The molecule has 1 aromatic rings. The lowest BCUT2D eigenvalue weighted by molar-refractivity contribution is -0.120. The Labute approximate surface area is 124 Å². The maximum absolute atomic E-state index is 12.2. The van der Waals surface area contributed by atoms with Gasteiger partial charge in [0.05, 0.1) is 13.0 Å². The van der Waals surface area contributed by atoms with Crippen LogP contribution >= 0.6 is 11.6 Å². The van der Waals surface area contributed by atoms with Crippen LogP contribution in [0.2, 0.25) is 5.15 Å². The van der Waals surface area contributed by atoms with Gasteiger partial charge in [0, 0.05) is 12.6 Å². The Kier molecular flexibility index (Phi) is 5.71. The van der Waals surface area contributed by atoms with Crippen LogP contribution < -0.4 is 15.8 Å². The second kappa shape index (κ2) is 6.85. The molecule has 3 N–H and O–H groups in total. The normalized spacial score (nSPS) is 12.9. The average Bonchev–Trinajstić information content (AvgIpc) is 2.33. The standard InChI is InChI=1S/C13H21ClN4O2/c1-13(2,3)6-8(7-15)11(19)18-12-16-9(14)5-10(17-12)20-4/h5,8H,6-7,15H2,1-4H3,(H,16,17,18,19). The summed E-state index contributed by atoms with van der Waals surface area (Å²) >= 11 is 5.83. The Morgan fingerprint density at radius 2 is 2.15 bits per heavy atom. The number of aromatic nitrogens is 2. The molecule has 0 radical (unpaired) electrons. The summed E-state index contributed by atoms with van der Waals surface area (Å²) in [5, 5.41) is 2.83. The predicted octanol–water partition coefficient (Wildman–Crippen LogP) is 2.09. The van der Waals surface area contributed by atoms with E-state index in [2.05, 4.69) is 36.1 Å². The average molecular weight is 301 g/mol. The number of amides is 1. The Hall–Kier alpha value is -1.40. The van der Waals surface area contributed by atoms with Crippen LogP contribution in [0.1, 0.15) is 27.2 Å². The first-order valence-electron chi connectivity index (χ1n) is 6.34. The summed E-state index contributed by atoms with van der Waals surface area (Å²) in [4.78, 5) is 20.1. The van der Waals surface area contributed by atoms with Crippen LogP contribution in [0.15, 0.2) is 6.07 Å². The summed E-state index contributed by atoms with van der Waals surface area (Å²) in [6, 6.07) is 1.47. The quantitative estimate of drug-likeness (QED) is 0.813. The van der Waals surface area contributed by atoms with E-state index in [1.807, 2.05) is 0 Å². The van der Waals surface area contributed by atoms with Crippen LogP contribution in [0.25, 0.3) is 0 Å². The van der Waals surface area contributed by atoms with Crippen molar-refractivity contribution in [2.24, 2.45) is 17.1 Å². The molecule has 1 unspecified atom stereocenters. The maximum atomic E-state index is 12.2. The SMILES string of the molecule is COc1cc(Cl)nc(NC(=O)C(CN)CC(C)(C)C)n1. The highest BCUT2D eigenvalue weighted by molar-refractivity contribution is 6.29. The van der Waals surface area contributed by atoms with Crippen LogP contribution in [0.4, 0.5) is 5.95 Å². The highest BCUT2D eigenvalue weighted by Gasteiger charge is 2.24. The third-order valence-electron chi connectivity index (χ3n) is 2.63. The van der Waals surface area contributed by atoms with Gasteiger partial charge in [-0.1, -0.05) is 32.4 Å². The van der Waals surface area contributed by atoms with Crippen molar-refractivity contribution in [2.75, 3.05) is 19.0 Å². The molecule has 20 heavy (non-hydrogen) atoms. The fourth-order valence-corrected chi connectivity index (χ4v) is 1.97. The lowest BCUT2D eigenvalue weighted by Crippen LogP contribution is -2.33. The summed E-state index contributed by atoms with van der Waals surface area (Å²) in [7, 11) is 1.46. The fraction of sp³-hybridized carbons (Fsp3) is 0.615. The van der Waals surface area contributed by atoms with E-state index in [9.17, 15) is 4.79 Å². The number of nitrogens with one attached hydrogen (secondary N) is 1. The number of methoxy groups -OCH3 is 1. The minimum Gasteiger partial charge on any atom is -0.481 e. The van der Waals surface area contributed by atoms with E-state index in [1.165, 1.54) is 13.2 Å². The molecule has 0 spiro atoms. The van der Waals surface area contributed by atoms with E-state index in [0.717, 1.165) is 0 Å². The monoisotopic (exact) mass is 300 g/mol. The number of hydrogen-bond donors (Lipinski definition) is 2. The Morgan fingerprint density at radius 3 is 2.65 bits per heavy atom. The Balaban J connectivity index is 2.80. The number of nitrogens with zero attached hydrogens (tertiary/aromatic N) is 2. The molecular weight excluding hydrogens is 280 g/mol. The van der Waals surface area contributed by atoms with Crippen LogP contribution in [-0.4, -0.2) is 29.5 Å². The third-order valence-corrected chi connectivity index (χ3v) is 2.82. The van der Waals surface area contributed by atoms with Crippen molar-refractivity contribution in [1.29, 1.82) is 0 Å². The molecule has 6 nitrogen and oxygen atoms in total. The molecule has 1 rings (SSSR count). The van der Waals surface area contributed by atoms with Crippen LogP contribution in [0.5, 0.6) is 5.88 Å². The van der Waals surface area contributed by atoms with E-state index in [1.54, 1.807) is 0 Å². The van der Waals surface area contributed by atoms with Gasteiger partial charge in [0.1, 0.15) is 5.15 Å². The smallest absolute Gasteiger partial charge is 0.234 e. The third kappa shape index (κ3) is 5.30. The van der Waals surface area contributed by atoms with Gasteiger partial charge >= 0.3 is 0 Å². The highest BCUT2D eigenvalue weighted by Crippen LogP contribution is 2.25. The molecule has 112 valence electrons. The fourth-order valence-electron chi connectivity index (χ4n) is 1.79. The molecule has 7 heteroatoms. The molecule has 1 amide bonds. The Morgan fingerprint density at radius 1 is 1.50 bits per heavy atom. The van der Waals surface area contributed by atoms with Gasteiger partial charge in [-0.25, -0.2) is 4.98 Å². The number of hydrogen-bond acceptors (Lipinski definition) is 5. The molecule has 1 aromatic heterocycles. The maximum Gasteiger partial charge on any atom is 0.234 e. The second-order valence-corrected chi connectivity index (χ2v) is 6.13. The first kappa shape index (κ1) is 16.7. The second-order valence-electron chi connectivity index (χ2n) is 5.74. The van der Waals surface area contributed by atoms with Gasteiger partial charge < -0.3 is 10.5 Å². The summed E-state index contributed by atoms with van der Waals surface area (Å²) < 4.78 is 4.97. The van der Waals surface area contributed by atoms with Crippen molar-refractivity contribution < 1.29 is 9.53 Å². The largest absolute Gasteiger partial charge is 0.481 e. The van der Waals surface area contributed by atoms with E-state index in [4.69, 9.17) is 22.1 Å². The van der Waals surface area contributed by atoms with Gasteiger partial charge in [0.15, 0.2) is 0 Å². The van der Waals surface area contributed by atoms with Crippen molar-refractivity contribution in [3.05, 3.63) is 11.2 Å². The zero-order valence-corrected chi connectivity index (χ0v) is 13.0. The molecular formula is C13H21ClN4O2. The predicted molar refractivity (Wildman–Crippen MR) is 78.8 cm³/mol.